The summed E-state index contributed by atoms with van der Waals surface area (Å²) in [6, 6.07) is 12.5. The first-order chi connectivity index (χ1) is 9.58. The summed E-state index contributed by atoms with van der Waals surface area (Å²) >= 11 is 5.70. The van der Waals surface area contributed by atoms with Crippen LogP contribution in [0.2, 0.25) is 5.02 Å². The highest BCUT2D eigenvalue weighted by molar-refractivity contribution is 6.32. The zero-order valence-corrected chi connectivity index (χ0v) is 11.0. The number of halogens is 1. The summed E-state index contributed by atoms with van der Waals surface area (Å²) in [6.45, 7) is 0. The largest absolute Gasteiger partial charge is 0.506 e. The number of carbonyl (C=O) groups is 2. The number of hydrogen-bond donors (Lipinski definition) is 3. The molecule has 0 aliphatic rings. The molecule has 2 aromatic carbocycles. The summed E-state index contributed by atoms with van der Waals surface area (Å²) in [5.41, 5.74) is 5.20. The summed E-state index contributed by atoms with van der Waals surface area (Å²) in [4.78, 5) is 23.5. The molecule has 5 nitrogen and oxygen atoms in total. The van der Waals surface area contributed by atoms with E-state index in [2.05, 4.69) is 10.9 Å². The molecule has 0 unspecified atom stereocenters. The molecule has 0 atom stereocenters. The number of phenols is 1. The molecule has 0 saturated heterocycles. The maximum absolute atomic E-state index is 11.8. The minimum atomic E-state index is -0.531. The van der Waals surface area contributed by atoms with E-state index in [1.54, 1.807) is 30.3 Å². The summed E-state index contributed by atoms with van der Waals surface area (Å²) in [5.74, 6) is -1.07. The Hall–Kier alpha value is -2.53. The Bertz CT molecular complexity index is 644. The van der Waals surface area contributed by atoms with Crippen molar-refractivity contribution in [3.8, 4) is 5.75 Å². The topological polar surface area (TPSA) is 78.4 Å². The molecule has 3 N–H and O–H groups in total. The molecule has 0 bridgehead atoms. The van der Waals surface area contributed by atoms with Gasteiger partial charge in [-0.25, -0.2) is 0 Å². The van der Waals surface area contributed by atoms with Crippen molar-refractivity contribution in [2.24, 2.45) is 0 Å². The normalized spacial score (nSPS) is 9.85. The minimum Gasteiger partial charge on any atom is -0.506 e. The first-order valence-electron chi connectivity index (χ1n) is 5.72. The highest BCUT2D eigenvalue weighted by Gasteiger charge is 2.10. The van der Waals surface area contributed by atoms with Gasteiger partial charge in [0.15, 0.2) is 0 Å². The van der Waals surface area contributed by atoms with Gasteiger partial charge in [0.2, 0.25) is 0 Å². The molecule has 2 rings (SSSR count). The molecule has 0 fully saturated rings. The third-order valence-electron chi connectivity index (χ3n) is 2.54. The van der Waals surface area contributed by atoms with Gasteiger partial charge >= 0.3 is 0 Å². The molecule has 0 aromatic heterocycles. The zero-order chi connectivity index (χ0) is 14.5. The van der Waals surface area contributed by atoms with Gasteiger partial charge in [-0.3, -0.25) is 20.4 Å². The maximum Gasteiger partial charge on any atom is 0.269 e. The number of carbonyl (C=O) groups excluding carboxylic acids is 2. The lowest BCUT2D eigenvalue weighted by Gasteiger charge is -2.08. The van der Waals surface area contributed by atoms with Gasteiger partial charge in [0.05, 0.1) is 5.02 Å². The molecular weight excluding hydrogens is 280 g/mol. The molecule has 0 radical (unpaired) electrons. The van der Waals surface area contributed by atoms with Crippen LogP contribution in [0, 0.1) is 0 Å². The van der Waals surface area contributed by atoms with Crippen molar-refractivity contribution in [3.63, 3.8) is 0 Å². The number of rotatable bonds is 2. The lowest BCUT2D eigenvalue weighted by Crippen LogP contribution is -2.41. The van der Waals surface area contributed by atoms with Crippen LogP contribution in [0.5, 0.6) is 5.75 Å². The van der Waals surface area contributed by atoms with E-state index < -0.39 is 11.8 Å². The van der Waals surface area contributed by atoms with Crippen LogP contribution in [0.1, 0.15) is 20.7 Å². The van der Waals surface area contributed by atoms with E-state index in [-0.39, 0.29) is 16.3 Å². The fourth-order valence-electron chi connectivity index (χ4n) is 1.50. The van der Waals surface area contributed by atoms with Crippen LogP contribution in [0.4, 0.5) is 0 Å². The summed E-state index contributed by atoms with van der Waals surface area (Å²) < 4.78 is 0. The van der Waals surface area contributed by atoms with E-state index in [1.165, 1.54) is 18.2 Å². The number of aromatic hydroxyl groups is 1. The van der Waals surface area contributed by atoms with Crippen LogP contribution < -0.4 is 10.9 Å². The Morgan fingerprint density at radius 3 is 2.10 bits per heavy atom. The summed E-state index contributed by atoms with van der Waals surface area (Å²) in [6.07, 6.45) is 0. The van der Waals surface area contributed by atoms with Crippen molar-refractivity contribution in [3.05, 3.63) is 64.7 Å². The third kappa shape index (κ3) is 3.27. The Morgan fingerprint density at radius 1 is 0.900 bits per heavy atom. The van der Waals surface area contributed by atoms with Crippen LogP contribution in [-0.4, -0.2) is 16.9 Å². The number of hydrogen-bond acceptors (Lipinski definition) is 3. The molecule has 2 aromatic rings. The smallest absolute Gasteiger partial charge is 0.269 e. The average molecular weight is 291 g/mol. The van der Waals surface area contributed by atoms with Gasteiger partial charge in [-0.1, -0.05) is 29.8 Å². The van der Waals surface area contributed by atoms with Gasteiger partial charge < -0.3 is 5.11 Å². The van der Waals surface area contributed by atoms with Gasteiger partial charge in [0, 0.05) is 11.1 Å². The van der Waals surface area contributed by atoms with Crippen LogP contribution >= 0.6 is 11.6 Å². The van der Waals surface area contributed by atoms with Crippen LogP contribution in [-0.2, 0) is 0 Å². The highest BCUT2D eigenvalue weighted by Crippen LogP contribution is 2.23. The number of hydrazine groups is 1. The third-order valence-corrected chi connectivity index (χ3v) is 2.84. The monoisotopic (exact) mass is 290 g/mol. The zero-order valence-electron chi connectivity index (χ0n) is 10.3. The van der Waals surface area contributed by atoms with Crippen molar-refractivity contribution < 1.29 is 14.7 Å². The molecule has 6 heteroatoms. The van der Waals surface area contributed by atoms with E-state index >= 15 is 0 Å². The number of amides is 2. The number of nitrogens with one attached hydrogen (secondary N) is 2. The predicted molar refractivity (Wildman–Crippen MR) is 74.5 cm³/mol. The van der Waals surface area contributed by atoms with Crippen LogP contribution in [0.3, 0.4) is 0 Å². The summed E-state index contributed by atoms with van der Waals surface area (Å²) in [7, 11) is 0. The van der Waals surface area contributed by atoms with E-state index in [0.717, 1.165) is 0 Å². The summed E-state index contributed by atoms with van der Waals surface area (Å²) in [5, 5.41) is 9.32. The van der Waals surface area contributed by atoms with Gasteiger partial charge in [-0.05, 0) is 30.3 Å². The Labute approximate surface area is 120 Å². The highest BCUT2D eigenvalue weighted by atomic mass is 35.5. The van der Waals surface area contributed by atoms with Gasteiger partial charge in [0.1, 0.15) is 5.75 Å². The standard InChI is InChI=1S/C14H11ClN2O3/c15-11-8-10(6-7-12(11)18)14(20)17-16-13(19)9-4-2-1-3-5-9/h1-8,18H,(H,16,19)(H,17,20). The first-order valence-corrected chi connectivity index (χ1v) is 6.10. The van der Waals surface area contributed by atoms with Crippen molar-refractivity contribution >= 4 is 23.4 Å². The molecule has 20 heavy (non-hydrogen) atoms. The quantitative estimate of drug-likeness (QED) is 0.741. The van der Waals surface area contributed by atoms with Crippen molar-refractivity contribution in [1.29, 1.82) is 0 Å². The second-order valence-corrected chi connectivity index (χ2v) is 4.35. The van der Waals surface area contributed by atoms with E-state index in [4.69, 9.17) is 11.6 Å². The van der Waals surface area contributed by atoms with Crippen molar-refractivity contribution in [2.45, 2.75) is 0 Å². The molecule has 0 heterocycles. The molecule has 0 aliphatic heterocycles. The van der Waals surface area contributed by atoms with Crippen molar-refractivity contribution in [2.75, 3.05) is 0 Å². The van der Waals surface area contributed by atoms with E-state index in [1.807, 2.05) is 0 Å². The second kappa shape index (κ2) is 6.08. The van der Waals surface area contributed by atoms with Gasteiger partial charge in [0.25, 0.3) is 11.8 Å². The first kappa shape index (κ1) is 13.9. The number of benzene rings is 2. The molecule has 2 amide bonds. The minimum absolute atomic E-state index is 0.0621. The predicted octanol–water partition coefficient (Wildman–Crippen LogP) is 2.12. The lowest BCUT2D eigenvalue weighted by atomic mass is 10.2. The van der Waals surface area contributed by atoms with Crippen LogP contribution in [0.15, 0.2) is 48.5 Å². The molecule has 0 saturated carbocycles. The molecule has 0 spiro atoms. The Morgan fingerprint density at radius 2 is 1.50 bits per heavy atom. The lowest BCUT2D eigenvalue weighted by molar-refractivity contribution is 0.0846. The maximum atomic E-state index is 11.8. The van der Waals surface area contributed by atoms with Crippen molar-refractivity contribution in [1.82, 2.24) is 10.9 Å². The molecule has 0 aliphatic carbocycles. The average Bonchev–Trinajstić information content (AvgIpc) is 2.48. The number of phenolic OH excluding ortho intramolecular Hbond substituents is 1. The SMILES string of the molecule is O=C(NNC(=O)c1ccc(O)c(Cl)c1)c1ccccc1. The molecular formula is C14H11ClN2O3. The van der Waals surface area contributed by atoms with Gasteiger partial charge in [-0.2, -0.15) is 0 Å². The Kier molecular flexibility index (Phi) is 4.22. The second-order valence-electron chi connectivity index (χ2n) is 3.94. The fourth-order valence-corrected chi connectivity index (χ4v) is 1.68. The van der Waals surface area contributed by atoms with E-state index in [9.17, 15) is 14.7 Å². The van der Waals surface area contributed by atoms with Gasteiger partial charge in [-0.15, -0.1) is 0 Å². The van der Waals surface area contributed by atoms with Crippen LogP contribution in [0.25, 0.3) is 0 Å². The van der Waals surface area contributed by atoms with E-state index in [0.29, 0.717) is 5.56 Å². The Balaban J connectivity index is 1.98. The fraction of sp³-hybridized carbons (Fsp3) is 0. The molecule has 102 valence electrons.